The quantitative estimate of drug-likeness (QED) is 0.541. The van der Waals surface area contributed by atoms with Crippen LogP contribution in [0.15, 0.2) is 77.9 Å². The van der Waals surface area contributed by atoms with Gasteiger partial charge in [-0.3, -0.25) is 9.91 Å². The predicted molar refractivity (Wildman–Crippen MR) is 125 cm³/mol. The van der Waals surface area contributed by atoms with Crippen molar-refractivity contribution in [2.45, 2.75) is 25.8 Å². The first-order valence-corrected chi connectivity index (χ1v) is 11.0. The molecule has 3 heteroatoms. The molecule has 1 fully saturated rings. The number of fused-ring (bicyclic) bond motifs is 3. The summed E-state index contributed by atoms with van der Waals surface area (Å²) in [5, 5.41) is 6.97. The Morgan fingerprint density at radius 2 is 1.33 bits per heavy atom. The fraction of sp³-hybridized carbons (Fsp3) is 0.296. The van der Waals surface area contributed by atoms with Gasteiger partial charge in [0.25, 0.3) is 0 Å². The highest BCUT2D eigenvalue weighted by atomic mass is 15.5. The summed E-state index contributed by atoms with van der Waals surface area (Å²) >= 11 is 0. The van der Waals surface area contributed by atoms with E-state index in [-0.39, 0.29) is 0 Å². The molecular weight excluding hydrogens is 366 g/mol. The van der Waals surface area contributed by atoms with E-state index in [0.717, 1.165) is 26.2 Å². The Morgan fingerprint density at radius 3 is 1.90 bits per heavy atom. The van der Waals surface area contributed by atoms with E-state index in [1.165, 1.54) is 33.4 Å². The van der Waals surface area contributed by atoms with Crippen molar-refractivity contribution in [3.63, 3.8) is 0 Å². The molecule has 152 valence electrons. The van der Waals surface area contributed by atoms with Crippen LogP contribution in [-0.4, -0.2) is 42.3 Å². The number of rotatable bonds is 4. The van der Waals surface area contributed by atoms with Gasteiger partial charge in [0.1, 0.15) is 0 Å². The van der Waals surface area contributed by atoms with Crippen molar-refractivity contribution >= 4 is 6.21 Å². The SMILES string of the molecule is CC(C)c1ccc(C=NN2CCN(C3c4ccccc4-c4ccccc43)CC2)cc1. The minimum absolute atomic E-state index is 0.368. The van der Waals surface area contributed by atoms with Gasteiger partial charge < -0.3 is 0 Å². The van der Waals surface area contributed by atoms with Crippen LogP contribution >= 0.6 is 0 Å². The number of nitrogens with zero attached hydrogens (tertiary/aromatic N) is 3. The van der Waals surface area contributed by atoms with Crippen LogP contribution in [0, 0.1) is 0 Å². The molecular formula is C27H29N3. The van der Waals surface area contributed by atoms with Gasteiger partial charge in [-0.1, -0.05) is 86.6 Å². The average Bonchev–Trinajstić information content (AvgIpc) is 3.13. The van der Waals surface area contributed by atoms with Gasteiger partial charge in [-0.05, 0) is 39.3 Å². The van der Waals surface area contributed by atoms with E-state index >= 15 is 0 Å². The molecule has 0 radical (unpaired) electrons. The van der Waals surface area contributed by atoms with Gasteiger partial charge in [0.15, 0.2) is 0 Å². The number of hydrazone groups is 1. The summed E-state index contributed by atoms with van der Waals surface area (Å²) in [5.41, 5.74) is 8.21. The van der Waals surface area contributed by atoms with Crippen molar-refractivity contribution in [2.24, 2.45) is 5.10 Å². The van der Waals surface area contributed by atoms with Gasteiger partial charge in [0.2, 0.25) is 0 Å². The van der Waals surface area contributed by atoms with E-state index in [1.54, 1.807) is 0 Å². The number of piperazine rings is 1. The Hall–Kier alpha value is -2.91. The van der Waals surface area contributed by atoms with Gasteiger partial charge >= 0.3 is 0 Å². The van der Waals surface area contributed by atoms with Crippen molar-refractivity contribution in [3.05, 3.63) is 95.1 Å². The zero-order valence-corrected chi connectivity index (χ0v) is 17.8. The van der Waals surface area contributed by atoms with Crippen LogP contribution in [0.5, 0.6) is 0 Å². The molecule has 0 amide bonds. The van der Waals surface area contributed by atoms with E-state index in [9.17, 15) is 0 Å². The van der Waals surface area contributed by atoms with Crippen LogP contribution in [0.3, 0.4) is 0 Å². The zero-order valence-electron chi connectivity index (χ0n) is 17.8. The molecule has 0 N–H and O–H groups in total. The third kappa shape index (κ3) is 3.54. The van der Waals surface area contributed by atoms with Crippen LogP contribution in [0.25, 0.3) is 11.1 Å². The molecule has 2 aliphatic rings. The van der Waals surface area contributed by atoms with E-state index in [4.69, 9.17) is 5.10 Å². The number of benzene rings is 3. The molecule has 5 rings (SSSR count). The lowest BCUT2D eigenvalue weighted by atomic mass is 10.0. The first kappa shape index (κ1) is 19.1. The fourth-order valence-electron chi connectivity index (χ4n) is 4.72. The third-order valence-corrected chi connectivity index (χ3v) is 6.43. The van der Waals surface area contributed by atoms with Crippen molar-refractivity contribution < 1.29 is 0 Å². The minimum atomic E-state index is 0.368. The summed E-state index contributed by atoms with van der Waals surface area (Å²) in [4.78, 5) is 2.62. The summed E-state index contributed by atoms with van der Waals surface area (Å²) in [7, 11) is 0. The summed E-state index contributed by atoms with van der Waals surface area (Å²) in [6.07, 6.45) is 2.00. The van der Waals surface area contributed by atoms with Crippen LogP contribution in [0.4, 0.5) is 0 Å². The molecule has 3 nitrogen and oxygen atoms in total. The molecule has 1 heterocycles. The molecule has 0 aromatic heterocycles. The van der Waals surface area contributed by atoms with Gasteiger partial charge in [-0.25, -0.2) is 0 Å². The standard InChI is InChI=1S/C27H29N3/c1-20(2)22-13-11-21(12-14-22)19-28-30-17-15-29(16-18-30)27-25-9-5-3-7-23(25)24-8-4-6-10-26(24)27/h3-14,19-20,27H,15-18H2,1-2H3. The predicted octanol–water partition coefficient (Wildman–Crippen LogP) is 5.53. The average molecular weight is 396 g/mol. The number of hydrogen-bond donors (Lipinski definition) is 0. The highest BCUT2D eigenvalue weighted by molar-refractivity contribution is 5.79. The van der Waals surface area contributed by atoms with E-state index in [0.29, 0.717) is 12.0 Å². The molecule has 1 aliphatic heterocycles. The minimum Gasteiger partial charge on any atom is -0.294 e. The molecule has 0 bridgehead atoms. The molecule has 3 aromatic rings. The van der Waals surface area contributed by atoms with Crippen LogP contribution in [-0.2, 0) is 0 Å². The molecule has 1 saturated heterocycles. The topological polar surface area (TPSA) is 18.8 Å². The first-order chi connectivity index (χ1) is 14.7. The lowest BCUT2D eigenvalue weighted by Crippen LogP contribution is -2.45. The third-order valence-electron chi connectivity index (χ3n) is 6.43. The largest absolute Gasteiger partial charge is 0.294 e. The smallest absolute Gasteiger partial charge is 0.0615 e. The Balaban J connectivity index is 1.27. The molecule has 30 heavy (non-hydrogen) atoms. The van der Waals surface area contributed by atoms with Crippen molar-refractivity contribution in [3.8, 4) is 11.1 Å². The van der Waals surface area contributed by atoms with Gasteiger partial charge in [-0.15, -0.1) is 0 Å². The lowest BCUT2D eigenvalue weighted by molar-refractivity contribution is 0.114. The molecule has 3 aromatic carbocycles. The molecule has 0 atom stereocenters. The van der Waals surface area contributed by atoms with Crippen LogP contribution in [0.2, 0.25) is 0 Å². The Morgan fingerprint density at radius 1 is 0.767 bits per heavy atom. The van der Waals surface area contributed by atoms with Crippen molar-refractivity contribution in [1.29, 1.82) is 0 Å². The van der Waals surface area contributed by atoms with Crippen LogP contribution < -0.4 is 0 Å². The summed E-state index contributed by atoms with van der Waals surface area (Å²) < 4.78 is 0. The Labute approximate surface area is 179 Å². The zero-order chi connectivity index (χ0) is 20.5. The Bertz CT molecular complexity index is 998. The highest BCUT2D eigenvalue weighted by Gasteiger charge is 2.33. The second-order valence-corrected chi connectivity index (χ2v) is 8.63. The van der Waals surface area contributed by atoms with E-state index in [1.807, 2.05) is 6.21 Å². The van der Waals surface area contributed by atoms with E-state index < -0.39 is 0 Å². The van der Waals surface area contributed by atoms with Crippen molar-refractivity contribution in [1.82, 2.24) is 9.91 Å². The Kier molecular flexibility index (Phi) is 5.14. The second kappa shape index (κ2) is 8.08. The monoisotopic (exact) mass is 395 g/mol. The number of hydrogen-bond acceptors (Lipinski definition) is 3. The fourth-order valence-corrected chi connectivity index (χ4v) is 4.72. The van der Waals surface area contributed by atoms with Gasteiger partial charge in [-0.2, -0.15) is 5.10 Å². The van der Waals surface area contributed by atoms with E-state index in [2.05, 4.69) is 96.6 Å². The van der Waals surface area contributed by atoms with Crippen molar-refractivity contribution in [2.75, 3.05) is 26.2 Å². The molecule has 0 saturated carbocycles. The maximum atomic E-state index is 4.76. The maximum absolute atomic E-state index is 4.76. The normalized spacial score (nSPS) is 17.0. The van der Waals surface area contributed by atoms with Crippen LogP contribution in [0.1, 0.15) is 48.1 Å². The lowest BCUT2D eigenvalue weighted by Gasteiger charge is -2.37. The summed E-state index contributed by atoms with van der Waals surface area (Å²) in [6, 6.07) is 26.9. The first-order valence-electron chi connectivity index (χ1n) is 11.0. The summed E-state index contributed by atoms with van der Waals surface area (Å²) in [5.74, 6) is 0.565. The van der Waals surface area contributed by atoms with Gasteiger partial charge in [0, 0.05) is 26.2 Å². The maximum Gasteiger partial charge on any atom is 0.0615 e. The van der Waals surface area contributed by atoms with Gasteiger partial charge in [0.05, 0.1) is 12.3 Å². The molecule has 0 spiro atoms. The molecule has 1 aliphatic carbocycles. The highest BCUT2D eigenvalue weighted by Crippen LogP contribution is 2.46. The summed E-state index contributed by atoms with van der Waals surface area (Å²) in [6.45, 7) is 8.42. The molecule has 0 unspecified atom stereocenters. The second-order valence-electron chi connectivity index (χ2n) is 8.63.